The lowest BCUT2D eigenvalue weighted by molar-refractivity contribution is -0.151. The standard InChI is InChI=1S/C22H28O5.C21H28O3/c1-7-8-9-10-15-14(3)18(12-17(15)23)27-21(25)19-16(22(19,4)5)11-13(2)20(24)26-6;1-7-8-9-10-15-14(4)18(12-17(15)22)24-20(23)19-16(11-13(2)3)21(19,5)6/h7-9,11,16,18-19H,1,10,12H2,2-6H3;7-9,11,16,18-19H,1,10,12H2,2-6H3/b9-8+,13-11+;9-8+/t2*16-,18+,19+/m11/s1. The molecule has 0 heterocycles. The Morgan fingerprint density at radius 2 is 1.12 bits per heavy atom. The lowest BCUT2D eigenvalue weighted by Crippen LogP contribution is -2.20. The van der Waals surface area contributed by atoms with Gasteiger partial charge in [-0.15, -0.1) is 0 Å². The van der Waals surface area contributed by atoms with Crippen LogP contribution in [0.3, 0.4) is 0 Å². The van der Waals surface area contributed by atoms with Gasteiger partial charge in [-0.25, -0.2) is 4.79 Å². The molecule has 276 valence electrons. The van der Waals surface area contributed by atoms with Crippen LogP contribution in [-0.4, -0.2) is 48.8 Å². The van der Waals surface area contributed by atoms with Gasteiger partial charge in [-0.3, -0.25) is 19.2 Å². The summed E-state index contributed by atoms with van der Waals surface area (Å²) in [5.74, 6) is -1.10. The number of esters is 3. The third-order valence-electron chi connectivity index (χ3n) is 10.8. The number of carbonyl (C=O) groups is 5. The Morgan fingerprint density at radius 3 is 1.47 bits per heavy atom. The van der Waals surface area contributed by atoms with Crippen LogP contribution >= 0.6 is 0 Å². The van der Waals surface area contributed by atoms with Crippen LogP contribution in [0.2, 0.25) is 0 Å². The van der Waals surface area contributed by atoms with Gasteiger partial charge < -0.3 is 14.2 Å². The normalized spacial score (nSPS) is 27.6. The van der Waals surface area contributed by atoms with E-state index in [2.05, 4.69) is 33.1 Å². The number of hydrogen-bond acceptors (Lipinski definition) is 8. The van der Waals surface area contributed by atoms with E-state index in [1.807, 2.05) is 59.8 Å². The number of methoxy groups -OCH3 is 1. The van der Waals surface area contributed by atoms with Crippen LogP contribution in [0.4, 0.5) is 0 Å². The molecule has 2 fully saturated rings. The van der Waals surface area contributed by atoms with Gasteiger partial charge in [-0.2, -0.15) is 0 Å². The van der Waals surface area contributed by atoms with Crippen molar-refractivity contribution < 1.29 is 38.2 Å². The lowest BCUT2D eigenvalue weighted by Gasteiger charge is -2.13. The van der Waals surface area contributed by atoms with E-state index in [4.69, 9.17) is 14.2 Å². The minimum atomic E-state index is -0.500. The van der Waals surface area contributed by atoms with Gasteiger partial charge in [0.25, 0.3) is 0 Å². The van der Waals surface area contributed by atoms with E-state index in [-0.39, 0.29) is 70.8 Å². The molecule has 0 amide bonds. The predicted octanol–water partition coefficient (Wildman–Crippen LogP) is 8.27. The smallest absolute Gasteiger partial charge is 0.333 e. The van der Waals surface area contributed by atoms with E-state index in [1.54, 1.807) is 31.2 Å². The zero-order valence-electron chi connectivity index (χ0n) is 32.1. The van der Waals surface area contributed by atoms with Gasteiger partial charge in [0.15, 0.2) is 11.6 Å². The highest BCUT2D eigenvalue weighted by atomic mass is 16.6. The minimum Gasteiger partial charge on any atom is -0.466 e. The summed E-state index contributed by atoms with van der Waals surface area (Å²) in [5, 5.41) is 0. The molecule has 4 rings (SSSR count). The number of ether oxygens (including phenoxy) is 3. The van der Waals surface area contributed by atoms with Crippen molar-refractivity contribution in [1.82, 2.24) is 0 Å². The van der Waals surface area contributed by atoms with E-state index in [9.17, 15) is 24.0 Å². The first kappa shape index (κ1) is 41.1. The van der Waals surface area contributed by atoms with Crippen LogP contribution in [0, 0.1) is 34.5 Å². The van der Waals surface area contributed by atoms with Crippen molar-refractivity contribution in [1.29, 1.82) is 0 Å². The van der Waals surface area contributed by atoms with E-state index in [1.165, 1.54) is 12.7 Å². The first-order valence-corrected chi connectivity index (χ1v) is 17.7. The summed E-state index contributed by atoms with van der Waals surface area (Å²) in [7, 11) is 1.33. The van der Waals surface area contributed by atoms with E-state index >= 15 is 0 Å². The molecule has 4 aliphatic rings. The van der Waals surface area contributed by atoms with Crippen LogP contribution < -0.4 is 0 Å². The van der Waals surface area contributed by atoms with Crippen molar-refractivity contribution in [2.24, 2.45) is 34.5 Å². The summed E-state index contributed by atoms with van der Waals surface area (Å²) in [4.78, 5) is 61.3. The van der Waals surface area contributed by atoms with Gasteiger partial charge in [0.05, 0.1) is 31.8 Å². The second-order valence-electron chi connectivity index (χ2n) is 15.4. The van der Waals surface area contributed by atoms with Gasteiger partial charge in [-0.1, -0.05) is 95.0 Å². The Balaban J connectivity index is 0.000000277. The summed E-state index contributed by atoms with van der Waals surface area (Å²) in [6.07, 6.45) is 15.3. The number of allylic oxidation sites excluding steroid dienone is 11. The molecule has 6 atom stereocenters. The molecule has 51 heavy (non-hydrogen) atoms. The Bertz CT molecular complexity index is 1630. The van der Waals surface area contributed by atoms with E-state index in [0.29, 0.717) is 24.0 Å². The van der Waals surface area contributed by atoms with Crippen molar-refractivity contribution in [2.45, 2.75) is 100 Å². The maximum Gasteiger partial charge on any atom is 0.333 e. The number of hydrogen-bond donors (Lipinski definition) is 0. The molecule has 0 unspecified atom stereocenters. The molecule has 0 aromatic carbocycles. The second kappa shape index (κ2) is 16.8. The molecule has 0 bridgehead atoms. The van der Waals surface area contributed by atoms with Crippen molar-refractivity contribution in [3.8, 4) is 0 Å². The second-order valence-corrected chi connectivity index (χ2v) is 15.4. The monoisotopic (exact) mass is 700 g/mol. The average Bonchev–Trinajstić information content (AvgIpc) is 3.70. The molecule has 0 aliphatic heterocycles. The van der Waals surface area contributed by atoms with Gasteiger partial charge in [0.1, 0.15) is 12.2 Å². The molecular formula is C43H56O8. The summed E-state index contributed by atoms with van der Waals surface area (Å²) in [5.41, 5.74) is 4.52. The van der Waals surface area contributed by atoms with E-state index < -0.39 is 18.2 Å². The molecule has 8 heteroatoms. The van der Waals surface area contributed by atoms with Crippen molar-refractivity contribution in [3.63, 3.8) is 0 Å². The lowest BCUT2D eigenvalue weighted by atomic mass is 10.1. The summed E-state index contributed by atoms with van der Waals surface area (Å²) in [6.45, 7) is 24.9. The third-order valence-corrected chi connectivity index (χ3v) is 10.8. The largest absolute Gasteiger partial charge is 0.466 e. The minimum absolute atomic E-state index is 0.0204. The molecule has 0 saturated heterocycles. The quantitative estimate of drug-likeness (QED) is 0.0621. The van der Waals surface area contributed by atoms with Crippen LogP contribution in [0.25, 0.3) is 0 Å². The highest BCUT2D eigenvalue weighted by molar-refractivity contribution is 6.01. The topological polar surface area (TPSA) is 113 Å². The first-order valence-electron chi connectivity index (χ1n) is 17.7. The fourth-order valence-corrected chi connectivity index (χ4v) is 7.25. The Morgan fingerprint density at radius 1 is 0.725 bits per heavy atom. The summed E-state index contributed by atoms with van der Waals surface area (Å²) >= 11 is 0. The predicted molar refractivity (Wildman–Crippen MR) is 199 cm³/mol. The van der Waals surface area contributed by atoms with E-state index in [0.717, 1.165) is 16.7 Å². The molecule has 0 N–H and O–H groups in total. The Hall–Kier alpha value is -4.33. The maximum absolute atomic E-state index is 12.7. The van der Waals surface area contributed by atoms with Gasteiger partial charge >= 0.3 is 17.9 Å². The fraction of sp³-hybridized carbons (Fsp3) is 0.512. The number of carbonyl (C=O) groups excluding carboxylic acids is 5. The van der Waals surface area contributed by atoms with Crippen LogP contribution in [-0.2, 0) is 38.2 Å². The third kappa shape index (κ3) is 9.52. The van der Waals surface area contributed by atoms with Crippen molar-refractivity contribution in [2.75, 3.05) is 7.11 Å². The van der Waals surface area contributed by atoms with Crippen LogP contribution in [0.15, 0.2) is 95.2 Å². The maximum atomic E-state index is 12.7. The average molecular weight is 701 g/mol. The van der Waals surface area contributed by atoms with Crippen LogP contribution in [0.1, 0.15) is 88.0 Å². The molecule has 0 radical (unpaired) electrons. The Labute approximate surface area is 304 Å². The first-order chi connectivity index (χ1) is 23.8. The molecule has 0 spiro atoms. The number of ketones is 2. The summed E-state index contributed by atoms with van der Waals surface area (Å²) in [6, 6.07) is 0. The fourth-order valence-electron chi connectivity index (χ4n) is 7.25. The van der Waals surface area contributed by atoms with Crippen molar-refractivity contribution in [3.05, 3.63) is 95.2 Å². The van der Waals surface area contributed by atoms with Crippen molar-refractivity contribution >= 4 is 29.5 Å². The highest BCUT2D eigenvalue weighted by Crippen LogP contribution is 2.61. The molecule has 4 aliphatic carbocycles. The van der Waals surface area contributed by atoms with Gasteiger partial charge in [0.2, 0.25) is 0 Å². The Kier molecular flexibility index (Phi) is 13.5. The van der Waals surface area contributed by atoms with Gasteiger partial charge in [0, 0.05) is 16.7 Å². The highest BCUT2D eigenvalue weighted by Gasteiger charge is 2.63. The zero-order valence-corrected chi connectivity index (χ0v) is 32.1. The number of Topliss-reactive ketones (excluding diaryl/α,β-unsaturated/α-hetero) is 2. The molecule has 2 saturated carbocycles. The molecule has 0 aromatic rings. The van der Waals surface area contributed by atoms with Crippen LogP contribution in [0.5, 0.6) is 0 Å². The number of rotatable bonds is 13. The van der Waals surface area contributed by atoms with Gasteiger partial charge in [-0.05, 0) is 81.3 Å². The molecule has 0 aromatic heterocycles. The zero-order chi connectivity index (χ0) is 38.4. The molecular weight excluding hydrogens is 644 g/mol. The SMILES string of the molecule is C=C/C=C/CC1=C(C)[C@@H](OC(=O)[C@@H]2[C@@H](/C=C(\C)C(=O)OC)C2(C)C)CC1=O.C=C/C=C/CC1=C(C)[C@@H](OC(=O)[C@@H]2[C@@H](C=C(C)C)C2(C)C)CC1=O. The summed E-state index contributed by atoms with van der Waals surface area (Å²) < 4.78 is 16.1. The molecule has 8 nitrogen and oxygen atoms in total.